The maximum Gasteiger partial charge on any atom is 0.240 e. The number of nitrogens with zero attached hydrogens (tertiary/aromatic N) is 2. The lowest BCUT2D eigenvalue weighted by Gasteiger charge is -2.12. The van der Waals surface area contributed by atoms with Crippen LogP contribution >= 0.6 is 0 Å². The Morgan fingerprint density at radius 1 is 1.00 bits per heavy atom. The average Bonchev–Trinajstić information content (AvgIpc) is 2.72. The van der Waals surface area contributed by atoms with Gasteiger partial charge in [-0.2, -0.15) is 0 Å². The van der Waals surface area contributed by atoms with Crippen LogP contribution in [-0.4, -0.2) is 38.6 Å². The molecule has 2 heterocycles. The molecule has 0 atom stereocenters. The summed E-state index contributed by atoms with van der Waals surface area (Å²) in [4.78, 5) is 8.66. The van der Waals surface area contributed by atoms with Crippen molar-refractivity contribution in [2.75, 3.05) is 25.5 Å². The van der Waals surface area contributed by atoms with Crippen molar-refractivity contribution in [1.82, 2.24) is 14.7 Å². The fourth-order valence-electron chi connectivity index (χ4n) is 2.91. The van der Waals surface area contributed by atoms with Crippen molar-refractivity contribution in [2.45, 2.75) is 18.7 Å². The summed E-state index contributed by atoms with van der Waals surface area (Å²) in [7, 11) is -2.04. The highest BCUT2D eigenvalue weighted by Crippen LogP contribution is 2.26. The average molecular weight is 413 g/mol. The summed E-state index contributed by atoms with van der Waals surface area (Å²) < 4.78 is 32.9. The molecule has 3 aromatic rings. The van der Waals surface area contributed by atoms with Crippen LogP contribution in [0.4, 0.5) is 5.82 Å². The number of benzene rings is 1. The Balaban J connectivity index is 1.65. The monoisotopic (exact) mass is 412 g/mol. The molecule has 0 saturated carbocycles. The topological polar surface area (TPSA) is 93.2 Å². The van der Waals surface area contributed by atoms with Gasteiger partial charge in [0, 0.05) is 37.1 Å². The molecule has 1 aromatic carbocycles. The second-order valence-corrected chi connectivity index (χ2v) is 8.33. The third-order valence-electron chi connectivity index (χ3n) is 4.48. The van der Waals surface area contributed by atoms with E-state index in [2.05, 4.69) is 20.0 Å². The van der Waals surface area contributed by atoms with Crippen LogP contribution in [0.1, 0.15) is 11.1 Å². The smallest absolute Gasteiger partial charge is 0.240 e. The van der Waals surface area contributed by atoms with Crippen LogP contribution in [0, 0.1) is 13.8 Å². The van der Waals surface area contributed by atoms with E-state index < -0.39 is 10.0 Å². The van der Waals surface area contributed by atoms with Gasteiger partial charge in [-0.05, 0) is 54.8 Å². The number of rotatable bonds is 8. The Labute approximate surface area is 171 Å². The number of aromatic nitrogens is 2. The molecular formula is C21H24N4O3S. The van der Waals surface area contributed by atoms with Crippen LogP contribution in [-0.2, 0) is 10.0 Å². The minimum absolute atomic E-state index is 0.231. The summed E-state index contributed by atoms with van der Waals surface area (Å²) in [5.41, 5.74) is 3.68. The standard InChI is InChI=1S/C21H24N4O3S/c1-15-5-4-10-22-21(15)23-11-12-25-29(26,27)18-7-8-19(16(2)13-18)17-6-9-20(28-3)24-14-17/h4-10,13-14,25H,11-12H2,1-3H3,(H,22,23). The molecule has 0 aliphatic rings. The molecule has 152 valence electrons. The molecule has 0 aliphatic carbocycles. The first-order valence-electron chi connectivity index (χ1n) is 9.17. The summed E-state index contributed by atoms with van der Waals surface area (Å²) in [6, 6.07) is 12.5. The fraction of sp³-hybridized carbons (Fsp3) is 0.238. The Morgan fingerprint density at radius 3 is 2.48 bits per heavy atom. The Hall–Kier alpha value is -2.97. The second kappa shape index (κ2) is 9.02. The summed E-state index contributed by atoms with van der Waals surface area (Å²) in [6.07, 6.45) is 3.40. The lowest BCUT2D eigenvalue weighted by atomic mass is 10.0. The van der Waals surface area contributed by atoms with E-state index in [9.17, 15) is 8.42 Å². The van der Waals surface area contributed by atoms with Crippen LogP contribution in [0.25, 0.3) is 11.1 Å². The first-order chi connectivity index (χ1) is 13.9. The van der Waals surface area contributed by atoms with Crippen LogP contribution in [0.3, 0.4) is 0 Å². The van der Waals surface area contributed by atoms with Crippen molar-refractivity contribution >= 4 is 15.8 Å². The van der Waals surface area contributed by atoms with Gasteiger partial charge in [-0.25, -0.2) is 23.1 Å². The lowest BCUT2D eigenvalue weighted by Crippen LogP contribution is -2.29. The number of hydrogen-bond acceptors (Lipinski definition) is 6. The normalized spacial score (nSPS) is 11.3. The summed E-state index contributed by atoms with van der Waals surface area (Å²) in [5.74, 6) is 1.28. The number of ether oxygens (including phenoxy) is 1. The van der Waals surface area contributed by atoms with E-state index in [1.807, 2.05) is 32.0 Å². The number of methoxy groups -OCH3 is 1. The molecule has 29 heavy (non-hydrogen) atoms. The van der Waals surface area contributed by atoms with Crippen LogP contribution < -0.4 is 14.8 Å². The second-order valence-electron chi connectivity index (χ2n) is 6.56. The van der Waals surface area contributed by atoms with Crippen LogP contribution in [0.2, 0.25) is 0 Å². The van der Waals surface area contributed by atoms with E-state index in [4.69, 9.17) is 4.74 Å². The molecule has 0 aliphatic heterocycles. The Bertz CT molecular complexity index is 1080. The highest BCUT2D eigenvalue weighted by Gasteiger charge is 2.15. The molecule has 0 fully saturated rings. The van der Waals surface area contributed by atoms with E-state index >= 15 is 0 Å². The largest absolute Gasteiger partial charge is 0.481 e. The van der Waals surface area contributed by atoms with Gasteiger partial charge >= 0.3 is 0 Å². The van der Waals surface area contributed by atoms with Gasteiger partial charge in [0.25, 0.3) is 0 Å². The fourth-order valence-corrected chi connectivity index (χ4v) is 4.02. The first-order valence-corrected chi connectivity index (χ1v) is 10.7. The van der Waals surface area contributed by atoms with E-state index in [1.165, 1.54) is 0 Å². The van der Waals surface area contributed by atoms with E-state index in [0.717, 1.165) is 28.1 Å². The molecule has 0 saturated heterocycles. The number of pyridine rings is 2. The molecule has 0 amide bonds. The van der Waals surface area contributed by atoms with Gasteiger partial charge in [0.2, 0.25) is 15.9 Å². The minimum Gasteiger partial charge on any atom is -0.481 e. The molecule has 2 N–H and O–H groups in total. The van der Waals surface area contributed by atoms with Crippen molar-refractivity contribution in [1.29, 1.82) is 0 Å². The molecule has 2 aromatic heterocycles. The van der Waals surface area contributed by atoms with Crippen LogP contribution in [0.15, 0.2) is 59.8 Å². The van der Waals surface area contributed by atoms with E-state index in [-0.39, 0.29) is 11.4 Å². The van der Waals surface area contributed by atoms with Crippen molar-refractivity contribution in [2.24, 2.45) is 0 Å². The molecular weight excluding hydrogens is 388 g/mol. The zero-order chi connectivity index (χ0) is 20.9. The summed E-state index contributed by atoms with van der Waals surface area (Å²) in [6.45, 7) is 4.51. The SMILES string of the molecule is COc1ccc(-c2ccc(S(=O)(=O)NCCNc3ncccc3C)cc2C)cn1. The third kappa shape index (κ3) is 5.10. The summed E-state index contributed by atoms with van der Waals surface area (Å²) >= 11 is 0. The van der Waals surface area contributed by atoms with Crippen LogP contribution in [0.5, 0.6) is 5.88 Å². The van der Waals surface area contributed by atoms with Gasteiger partial charge in [-0.15, -0.1) is 0 Å². The lowest BCUT2D eigenvalue weighted by molar-refractivity contribution is 0.398. The highest BCUT2D eigenvalue weighted by atomic mass is 32.2. The predicted octanol–water partition coefficient (Wildman–Crippen LogP) is 3.16. The zero-order valence-corrected chi connectivity index (χ0v) is 17.5. The molecule has 0 bridgehead atoms. The van der Waals surface area contributed by atoms with Crippen molar-refractivity contribution in [3.63, 3.8) is 0 Å². The zero-order valence-electron chi connectivity index (χ0n) is 16.6. The maximum atomic E-state index is 12.6. The number of sulfonamides is 1. The van der Waals surface area contributed by atoms with Gasteiger partial charge < -0.3 is 10.1 Å². The molecule has 8 heteroatoms. The van der Waals surface area contributed by atoms with Gasteiger partial charge in [-0.3, -0.25) is 0 Å². The molecule has 7 nitrogen and oxygen atoms in total. The number of anilines is 1. The molecule has 0 unspecified atom stereocenters. The number of aryl methyl sites for hydroxylation is 2. The first kappa shape index (κ1) is 20.8. The Kier molecular flexibility index (Phi) is 6.46. The number of nitrogens with one attached hydrogen (secondary N) is 2. The van der Waals surface area contributed by atoms with E-state index in [0.29, 0.717) is 12.4 Å². The van der Waals surface area contributed by atoms with E-state index in [1.54, 1.807) is 43.8 Å². The Morgan fingerprint density at radius 2 is 1.83 bits per heavy atom. The summed E-state index contributed by atoms with van der Waals surface area (Å²) in [5, 5.41) is 3.13. The highest BCUT2D eigenvalue weighted by molar-refractivity contribution is 7.89. The molecule has 0 radical (unpaired) electrons. The third-order valence-corrected chi connectivity index (χ3v) is 5.94. The molecule has 3 rings (SSSR count). The van der Waals surface area contributed by atoms with Crippen molar-refractivity contribution in [3.05, 3.63) is 66.0 Å². The molecule has 0 spiro atoms. The number of hydrogen-bond donors (Lipinski definition) is 2. The van der Waals surface area contributed by atoms with Gasteiger partial charge in [0.1, 0.15) is 5.82 Å². The van der Waals surface area contributed by atoms with Gasteiger partial charge in [0.15, 0.2) is 0 Å². The predicted molar refractivity (Wildman–Crippen MR) is 114 cm³/mol. The van der Waals surface area contributed by atoms with Crippen molar-refractivity contribution in [3.8, 4) is 17.0 Å². The maximum absolute atomic E-state index is 12.6. The van der Waals surface area contributed by atoms with Gasteiger partial charge in [-0.1, -0.05) is 12.1 Å². The minimum atomic E-state index is -3.60. The quantitative estimate of drug-likeness (QED) is 0.552. The van der Waals surface area contributed by atoms with Gasteiger partial charge in [0.05, 0.1) is 12.0 Å². The van der Waals surface area contributed by atoms with Crippen molar-refractivity contribution < 1.29 is 13.2 Å².